The summed E-state index contributed by atoms with van der Waals surface area (Å²) in [6.07, 6.45) is 0.593. The summed E-state index contributed by atoms with van der Waals surface area (Å²) in [6, 6.07) is 21.5. The van der Waals surface area contributed by atoms with Crippen LogP contribution in [0, 0.1) is 0 Å². The highest BCUT2D eigenvalue weighted by atomic mass is 32.1. The Bertz CT molecular complexity index is 1410. The largest absolute Gasteiger partial charge is 0.465 e. The van der Waals surface area contributed by atoms with Crippen molar-refractivity contribution in [3.8, 4) is 5.69 Å². The maximum atomic E-state index is 13.7. The first-order chi connectivity index (χ1) is 16.5. The number of thiophene rings is 1. The summed E-state index contributed by atoms with van der Waals surface area (Å²) in [5, 5.41) is 14.2. The fourth-order valence-electron chi connectivity index (χ4n) is 4.42. The molecule has 0 saturated carbocycles. The lowest BCUT2D eigenvalue weighted by atomic mass is 10.0. The standard InChI is InChI=1S/C26H23N3O4S/c30-21-14-13-20-22(23(31)17-8-3-1-4-9-17)24(27-18-10-7-15-28(16-18)26(32)33)34-25(20)29(21)19-11-5-2-6-12-19/h1-6,8-9,11-14,18,27H,7,10,15-16H2,(H,32,33). The van der Waals surface area contributed by atoms with Gasteiger partial charge in [0.05, 0.1) is 11.3 Å². The quantitative estimate of drug-likeness (QED) is 0.405. The average Bonchev–Trinajstić information content (AvgIpc) is 3.22. The van der Waals surface area contributed by atoms with Gasteiger partial charge in [-0.15, -0.1) is 0 Å². The Morgan fingerprint density at radius 3 is 2.38 bits per heavy atom. The zero-order valence-electron chi connectivity index (χ0n) is 18.3. The molecule has 3 heterocycles. The number of para-hydroxylation sites is 1. The van der Waals surface area contributed by atoms with E-state index in [0.29, 0.717) is 39.4 Å². The average molecular weight is 474 g/mol. The fourth-order valence-corrected chi connectivity index (χ4v) is 5.71. The molecule has 0 bridgehead atoms. The number of aromatic nitrogens is 1. The van der Waals surface area contributed by atoms with Gasteiger partial charge >= 0.3 is 6.09 Å². The van der Waals surface area contributed by atoms with Crippen molar-refractivity contribution in [3.63, 3.8) is 0 Å². The molecule has 172 valence electrons. The molecule has 0 aliphatic carbocycles. The Kier molecular flexibility index (Phi) is 5.90. The lowest BCUT2D eigenvalue weighted by Crippen LogP contribution is -2.44. The number of carbonyl (C=O) groups excluding carboxylic acids is 1. The number of carbonyl (C=O) groups is 2. The van der Waals surface area contributed by atoms with Crippen LogP contribution in [-0.4, -0.2) is 45.6 Å². The molecule has 2 aromatic carbocycles. The van der Waals surface area contributed by atoms with Crippen molar-refractivity contribution in [1.82, 2.24) is 9.47 Å². The number of hydrogen-bond acceptors (Lipinski definition) is 5. The van der Waals surface area contributed by atoms with Gasteiger partial charge in [-0.1, -0.05) is 59.9 Å². The number of anilines is 1. The van der Waals surface area contributed by atoms with E-state index in [2.05, 4.69) is 5.32 Å². The molecule has 4 aromatic rings. The number of benzene rings is 2. The third kappa shape index (κ3) is 4.08. The molecular weight excluding hydrogens is 450 g/mol. The molecular formula is C26H23N3O4S. The summed E-state index contributed by atoms with van der Waals surface area (Å²) < 4.78 is 1.62. The Labute approximate surface area is 199 Å². The van der Waals surface area contributed by atoms with Crippen LogP contribution in [0.5, 0.6) is 0 Å². The van der Waals surface area contributed by atoms with E-state index in [-0.39, 0.29) is 17.4 Å². The summed E-state index contributed by atoms with van der Waals surface area (Å²) in [4.78, 5) is 40.1. The van der Waals surface area contributed by atoms with Crippen LogP contribution in [0.4, 0.5) is 9.80 Å². The third-order valence-corrected chi connectivity index (χ3v) is 7.17. The molecule has 1 aliphatic rings. The van der Waals surface area contributed by atoms with Crippen LogP contribution in [0.2, 0.25) is 0 Å². The highest BCUT2D eigenvalue weighted by Gasteiger charge is 2.28. The number of rotatable bonds is 5. The molecule has 1 amide bonds. The first kappa shape index (κ1) is 21.9. The van der Waals surface area contributed by atoms with Crippen molar-refractivity contribution >= 4 is 38.4 Å². The minimum Gasteiger partial charge on any atom is -0.465 e. The molecule has 5 rings (SSSR count). The second-order valence-corrected chi connectivity index (χ2v) is 9.27. The molecule has 2 aromatic heterocycles. The maximum absolute atomic E-state index is 13.7. The summed E-state index contributed by atoms with van der Waals surface area (Å²) in [5.74, 6) is -0.140. The number of likely N-dealkylation sites (tertiary alicyclic amines) is 1. The number of ketones is 1. The first-order valence-corrected chi connectivity index (χ1v) is 11.9. The zero-order valence-corrected chi connectivity index (χ0v) is 19.1. The molecule has 1 atom stereocenters. The van der Waals surface area contributed by atoms with Gasteiger partial charge in [0.2, 0.25) is 0 Å². The van der Waals surface area contributed by atoms with Gasteiger partial charge < -0.3 is 15.3 Å². The van der Waals surface area contributed by atoms with Crippen molar-refractivity contribution in [3.05, 3.63) is 94.3 Å². The SMILES string of the molecule is O=C(c1ccccc1)c1c(NC2CCCN(C(=O)O)C2)sc2c1ccc(=O)n2-c1ccccc1. The highest BCUT2D eigenvalue weighted by molar-refractivity contribution is 7.23. The Hall–Kier alpha value is -3.91. The summed E-state index contributed by atoms with van der Waals surface area (Å²) in [5.41, 5.74) is 1.60. The molecule has 7 nitrogen and oxygen atoms in total. The molecule has 34 heavy (non-hydrogen) atoms. The number of fused-ring (bicyclic) bond motifs is 1. The number of hydrogen-bond donors (Lipinski definition) is 2. The van der Waals surface area contributed by atoms with Gasteiger partial charge in [0.1, 0.15) is 9.83 Å². The normalized spacial score (nSPS) is 15.9. The number of amides is 1. The van der Waals surface area contributed by atoms with E-state index < -0.39 is 6.09 Å². The van der Waals surface area contributed by atoms with E-state index in [1.54, 1.807) is 22.8 Å². The molecule has 1 aliphatic heterocycles. The van der Waals surface area contributed by atoms with E-state index >= 15 is 0 Å². The third-order valence-electron chi connectivity index (χ3n) is 6.05. The maximum Gasteiger partial charge on any atom is 0.407 e. The first-order valence-electron chi connectivity index (χ1n) is 11.1. The molecule has 0 radical (unpaired) electrons. The van der Waals surface area contributed by atoms with Crippen molar-refractivity contribution in [2.45, 2.75) is 18.9 Å². The van der Waals surface area contributed by atoms with Crippen LogP contribution < -0.4 is 10.9 Å². The van der Waals surface area contributed by atoms with E-state index in [1.807, 2.05) is 48.5 Å². The molecule has 1 saturated heterocycles. The van der Waals surface area contributed by atoms with Gasteiger partial charge in [-0.2, -0.15) is 0 Å². The highest BCUT2D eigenvalue weighted by Crippen LogP contribution is 2.38. The minimum absolute atomic E-state index is 0.128. The van der Waals surface area contributed by atoms with Crippen LogP contribution in [0.25, 0.3) is 15.9 Å². The number of piperidine rings is 1. The van der Waals surface area contributed by atoms with Crippen molar-refractivity contribution in [2.24, 2.45) is 0 Å². The summed E-state index contributed by atoms with van der Waals surface area (Å²) >= 11 is 1.35. The number of carboxylic acid groups (broad SMARTS) is 1. The summed E-state index contributed by atoms with van der Waals surface area (Å²) in [7, 11) is 0. The Morgan fingerprint density at radius 1 is 0.971 bits per heavy atom. The van der Waals surface area contributed by atoms with Crippen LogP contribution in [0.3, 0.4) is 0 Å². The number of nitrogens with one attached hydrogen (secondary N) is 1. The smallest absolute Gasteiger partial charge is 0.407 e. The van der Waals surface area contributed by atoms with Crippen LogP contribution in [0.15, 0.2) is 77.6 Å². The van der Waals surface area contributed by atoms with Crippen LogP contribution in [0.1, 0.15) is 28.8 Å². The van der Waals surface area contributed by atoms with Crippen LogP contribution in [-0.2, 0) is 0 Å². The van der Waals surface area contributed by atoms with Crippen molar-refractivity contribution in [1.29, 1.82) is 0 Å². The number of pyridine rings is 1. The van der Waals surface area contributed by atoms with Gasteiger partial charge in [-0.3, -0.25) is 14.2 Å². The van der Waals surface area contributed by atoms with E-state index in [4.69, 9.17) is 0 Å². The topological polar surface area (TPSA) is 91.6 Å². The van der Waals surface area contributed by atoms with Gasteiger partial charge in [-0.05, 0) is 31.0 Å². The van der Waals surface area contributed by atoms with Crippen molar-refractivity contribution < 1.29 is 14.7 Å². The predicted octanol–water partition coefficient (Wildman–Crippen LogP) is 4.84. The van der Waals surface area contributed by atoms with Gasteiger partial charge in [-0.25, -0.2) is 4.79 Å². The fraction of sp³-hybridized carbons (Fsp3) is 0.192. The Balaban J connectivity index is 1.66. The molecule has 1 fully saturated rings. The van der Waals surface area contributed by atoms with E-state index in [9.17, 15) is 19.5 Å². The lowest BCUT2D eigenvalue weighted by Gasteiger charge is -2.31. The second kappa shape index (κ2) is 9.15. The molecule has 8 heteroatoms. The van der Waals surface area contributed by atoms with Gasteiger partial charge in [0.25, 0.3) is 5.56 Å². The lowest BCUT2D eigenvalue weighted by molar-refractivity contribution is 0.104. The van der Waals surface area contributed by atoms with Gasteiger partial charge in [0.15, 0.2) is 5.78 Å². The van der Waals surface area contributed by atoms with Crippen LogP contribution >= 0.6 is 11.3 Å². The minimum atomic E-state index is -0.943. The molecule has 1 unspecified atom stereocenters. The van der Waals surface area contributed by atoms with E-state index in [1.165, 1.54) is 22.3 Å². The monoisotopic (exact) mass is 473 g/mol. The van der Waals surface area contributed by atoms with Crippen molar-refractivity contribution in [2.75, 3.05) is 18.4 Å². The molecule has 2 N–H and O–H groups in total. The van der Waals surface area contributed by atoms with Gasteiger partial charge in [0, 0.05) is 36.1 Å². The Morgan fingerprint density at radius 2 is 1.68 bits per heavy atom. The zero-order chi connectivity index (χ0) is 23.7. The second-order valence-electron chi connectivity index (χ2n) is 8.27. The summed E-state index contributed by atoms with van der Waals surface area (Å²) in [6.45, 7) is 0.845. The van der Waals surface area contributed by atoms with E-state index in [0.717, 1.165) is 18.5 Å². The number of nitrogens with zero attached hydrogens (tertiary/aromatic N) is 2. The predicted molar refractivity (Wildman–Crippen MR) is 134 cm³/mol. The molecule has 0 spiro atoms.